The highest BCUT2D eigenvalue weighted by atomic mass is 16.2. The van der Waals surface area contributed by atoms with Gasteiger partial charge >= 0.3 is 0 Å². The molecule has 3 aliphatic rings. The lowest BCUT2D eigenvalue weighted by Gasteiger charge is -2.46. The Labute approximate surface area is 180 Å². The molecular formula is C24H36N4O2. The molecule has 1 aliphatic carbocycles. The summed E-state index contributed by atoms with van der Waals surface area (Å²) in [4.78, 5) is 33.9. The summed E-state index contributed by atoms with van der Waals surface area (Å²) in [6.07, 6.45) is 4.04. The second-order valence-electron chi connectivity index (χ2n) is 9.38. The molecule has 6 nitrogen and oxygen atoms in total. The Morgan fingerprint density at radius 2 is 1.60 bits per heavy atom. The number of hydrogen-bond donors (Lipinski definition) is 0. The predicted molar refractivity (Wildman–Crippen MR) is 120 cm³/mol. The van der Waals surface area contributed by atoms with E-state index in [-0.39, 0.29) is 11.7 Å². The minimum absolute atomic E-state index is 0.0971. The molecule has 4 rings (SSSR count). The first-order valence-corrected chi connectivity index (χ1v) is 11.6. The maximum Gasteiger partial charge on any atom is 0.236 e. The number of piperazine rings is 2. The van der Waals surface area contributed by atoms with Gasteiger partial charge < -0.3 is 9.80 Å². The monoisotopic (exact) mass is 412 g/mol. The summed E-state index contributed by atoms with van der Waals surface area (Å²) in [5.74, 6) is 0.376. The highest BCUT2D eigenvalue weighted by molar-refractivity contribution is 5.94. The van der Waals surface area contributed by atoms with Crippen LogP contribution in [0.5, 0.6) is 0 Å². The lowest BCUT2D eigenvalue weighted by atomic mass is 9.91. The van der Waals surface area contributed by atoms with Crippen molar-refractivity contribution in [1.29, 1.82) is 0 Å². The van der Waals surface area contributed by atoms with Gasteiger partial charge in [0.15, 0.2) is 5.78 Å². The van der Waals surface area contributed by atoms with E-state index >= 15 is 0 Å². The summed E-state index contributed by atoms with van der Waals surface area (Å²) in [7, 11) is 0. The largest absolute Gasteiger partial charge is 0.366 e. The molecule has 2 heterocycles. The van der Waals surface area contributed by atoms with Crippen LogP contribution in [0.1, 0.15) is 50.4 Å². The van der Waals surface area contributed by atoms with E-state index in [1.54, 1.807) is 6.92 Å². The Hall–Kier alpha value is -1.92. The number of rotatable bonds is 5. The number of carbonyl (C=O) groups excluding carboxylic acids is 2. The van der Waals surface area contributed by atoms with E-state index in [9.17, 15) is 9.59 Å². The van der Waals surface area contributed by atoms with Crippen LogP contribution in [-0.2, 0) is 4.79 Å². The van der Waals surface area contributed by atoms with Crippen molar-refractivity contribution in [2.45, 2.75) is 58.2 Å². The fraction of sp³-hybridized carbons (Fsp3) is 0.667. The Morgan fingerprint density at radius 3 is 2.17 bits per heavy atom. The van der Waals surface area contributed by atoms with Crippen molar-refractivity contribution in [1.82, 2.24) is 14.7 Å². The molecule has 6 heteroatoms. The first-order valence-electron chi connectivity index (χ1n) is 11.6. The van der Waals surface area contributed by atoms with E-state index in [0.29, 0.717) is 18.6 Å². The molecule has 0 N–H and O–H groups in total. The topological polar surface area (TPSA) is 47.1 Å². The smallest absolute Gasteiger partial charge is 0.236 e. The van der Waals surface area contributed by atoms with Crippen LogP contribution in [0.25, 0.3) is 0 Å². The third-order valence-corrected chi connectivity index (χ3v) is 7.32. The van der Waals surface area contributed by atoms with Crippen molar-refractivity contribution in [3.8, 4) is 0 Å². The number of nitrogens with zero attached hydrogens (tertiary/aromatic N) is 4. The fourth-order valence-corrected chi connectivity index (χ4v) is 5.03. The van der Waals surface area contributed by atoms with Crippen LogP contribution in [0.2, 0.25) is 0 Å². The third-order valence-electron chi connectivity index (χ3n) is 7.32. The van der Waals surface area contributed by atoms with Crippen LogP contribution >= 0.6 is 0 Å². The average Bonchev–Trinajstić information content (AvgIpc) is 2.70. The molecule has 1 aromatic rings. The van der Waals surface area contributed by atoms with Crippen LogP contribution in [0, 0.1) is 0 Å². The van der Waals surface area contributed by atoms with Gasteiger partial charge in [-0.05, 0) is 57.9 Å². The van der Waals surface area contributed by atoms with Crippen molar-refractivity contribution in [2.75, 3.05) is 50.7 Å². The lowest BCUT2D eigenvalue weighted by molar-refractivity contribution is -0.135. The van der Waals surface area contributed by atoms with Gasteiger partial charge in [-0.1, -0.05) is 6.42 Å². The number of ketones is 1. The average molecular weight is 413 g/mol. The van der Waals surface area contributed by atoms with Crippen molar-refractivity contribution < 1.29 is 9.59 Å². The number of anilines is 1. The molecule has 2 aliphatic heterocycles. The van der Waals surface area contributed by atoms with Gasteiger partial charge in [-0.3, -0.25) is 19.4 Å². The van der Waals surface area contributed by atoms with Gasteiger partial charge in [-0.15, -0.1) is 0 Å². The first-order chi connectivity index (χ1) is 14.4. The molecule has 1 amide bonds. The summed E-state index contributed by atoms with van der Waals surface area (Å²) in [6.45, 7) is 12.1. The molecule has 30 heavy (non-hydrogen) atoms. The second kappa shape index (κ2) is 9.06. The van der Waals surface area contributed by atoms with Crippen molar-refractivity contribution in [3.63, 3.8) is 0 Å². The van der Waals surface area contributed by atoms with Gasteiger partial charge in [0.05, 0.1) is 6.54 Å². The molecule has 3 fully saturated rings. The zero-order chi connectivity index (χ0) is 21.3. The van der Waals surface area contributed by atoms with Crippen LogP contribution in [0.3, 0.4) is 0 Å². The standard InChI is InChI=1S/C24H36N4O2/c1-18-16-28(23-9-7-21(8-10-23)20(3)29)19(2)15-27(18)17-24(30)26-13-11-25(12-14-26)22-5-4-6-22/h7-10,18-19,22H,4-6,11-17H2,1-3H3. The number of benzene rings is 1. The van der Waals surface area contributed by atoms with Crippen LogP contribution in [-0.4, -0.2) is 90.3 Å². The minimum atomic E-state index is 0.0971. The summed E-state index contributed by atoms with van der Waals surface area (Å²) in [5, 5.41) is 0. The molecule has 0 bridgehead atoms. The normalized spacial score (nSPS) is 26.5. The molecular weight excluding hydrogens is 376 g/mol. The Morgan fingerprint density at radius 1 is 0.933 bits per heavy atom. The molecule has 1 aromatic carbocycles. The molecule has 164 valence electrons. The van der Waals surface area contributed by atoms with E-state index in [4.69, 9.17) is 0 Å². The summed E-state index contributed by atoms with van der Waals surface area (Å²) < 4.78 is 0. The fourth-order valence-electron chi connectivity index (χ4n) is 5.03. The number of hydrogen-bond acceptors (Lipinski definition) is 5. The third kappa shape index (κ3) is 4.54. The lowest BCUT2D eigenvalue weighted by Crippen LogP contribution is -2.60. The maximum absolute atomic E-state index is 13.0. The van der Waals surface area contributed by atoms with E-state index in [1.807, 2.05) is 24.3 Å². The minimum Gasteiger partial charge on any atom is -0.366 e. The van der Waals surface area contributed by atoms with E-state index < -0.39 is 0 Å². The molecule has 2 atom stereocenters. The highest BCUT2D eigenvalue weighted by Gasteiger charge is 2.33. The van der Waals surface area contributed by atoms with Gasteiger partial charge in [-0.25, -0.2) is 0 Å². The van der Waals surface area contributed by atoms with Crippen LogP contribution in [0.15, 0.2) is 24.3 Å². The molecule has 0 spiro atoms. The zero-order valence-corrected chi connectivity index (χ0v) is 18.7. The molecule has 0 aromatic heterocycles. The summed E-state index contributed by atoms with van der Waals surface area (Å²) in [6, 6.07) is 9.33. The van der Waals surface area contributed by atoms with Crippen molar-refractivity contribution in [3.05, 3.63) is 29.8 Å². The van der Waals surface area contributed by atoms with E-state index in [2.05, 4.69) is 33.4 Å². The molecule has 1 saturated carbocycles. The van der Waals surface area contributed by atoms with Gasteiger partial charge in [0.2, 0.25) is 5.91 Å². The number of Topliss-reactive ketones (excluding diaryl/α,β-unsaturated/α-hetero) is 1. The maximum atomic E-state index is 13.0. The Balaban J connectivity index is 1.30. The molecule has 2 saturated heterocycles. The Bertz CT molecular complexity index is 753. The van der Waals surface area contributed by atoms with Crippen molar-refractivity contribution in [2.24, 2.45) is 0 Å². The van der Waals surface area contributed by atoms with Gasteiger partial charge in [0.1, 0.15) is 0 Å². The Kier molecular flexibility index (Phi) is 6.44. The summed E-state index contributed by atoms with van der Waals surface area (Å²) >= 11 is 0. The van der Waals surface area contributed by atoms with E-state index in [1.165, 1.54) is 19.3 Å². The SMILES string of the molecule is CC(=O)c1ccc(N2CC(C)N(CC(=O)N3CCN(C4CCC4)CC3)CC2C)cc1. The summed E-state index contributed by atoms with van der Waals surface area (Å²) in [5.41, 5.74) is 1.90. The molecule has 0 radical (unpaired) electrons. The van der Waals surface area contributed by atoms with Gasteiger partial charge in [0.25, 0.3) is 0 Å². The molecule has 2 unspecified atom stereocenters. The van der Waals surface area contributed by atoms with Crippen LogP contribution in [0.4, 0.5) is 5.69 Å². The van der Waals surface area contributed by atoms with E-state index in [0.717, 1.165) is 56.6 Å². The number of carbonyl (C=O) groups is 2. The van der Waals surface area contributed by atoms with Crippen LogP contribution < -0.4 is 4.90 Å². The predicted octanol–water partition coefficient (Wildman–Crippen LogP) is 2.48. The van der Waals surface area contributed by atoms with Gasteiger partial charge in [0, 0.05) is 68.6 Å². The number of amides is 1. The first kappa shape index (κ1) is 21.3. The zero-order valence-electron chi connectivity index (χ0n) is 18.7. The quantitative estimate of drug-likeness (QED) is 0.696. The highest BCUT2D eigenvalue weighted by Crippen LogP contribution is 2.26. The second-order valence-corrected chi connectivity index (χ2v) is 9.38. The van der Waals surface area contributed by atoms with Gasteiger partial charge in [-0.2, -0.15) is 0 Å². The van der Waals surface area contributed by atoms with Crippen molar-refractivity contribution >= 4 is 17.4 Å².